The molecule has 0 aliphatic carbocycles. The van der Waals surface area contributed by atoms with Crippen molar-refractivity contribution >= 4 is 46.1 Å². The van der Waals surface area contributed by atoms with E-state index in [-0.39, 0.29) is 17.5 Å². The van der Waals surface area contributed by atoms with Gasteiger partial charge in [-0.15, -0.1) is 0 Å². The minimum absolute atomic E-state index is 0.0897. The fourth-order valence-electron chi connectivity index (χ4n) is 5.89. The van der Waals surface area contributed by atoms with Gasteiger partial charge in [-0.3, -0.25) is 25.0 Å². The van der Waals surface area contributed by atoms with Crippen LogP contribution in [0.2, 0.25) is 0 Å². The number of nitro benzene ring substituents is 1. The second-order valence-electron chi connectivity index (χ2n) is 11.4. The minimum atomic E-state index is -0.461. The molecule has 2 aliphatic rings. The summed E-state index contributed by atoms with van der Waals surface area (Å²) in [4.78, 5) is 45.7. The number of nitro groups is 1. The summed E-state index contributed by atoms with van der Waals surface area (Å²) < 4.78 is 0. The number of rotatable bonds is 10. The van der Waals surface area contributed by atoms with Gasteiger partial charge in [0.2, 0.25) is 11.9 Å². The Morgan fingerprint density at radius 1 is 1.00 bits per heavy atom. The molecule has 45 heavy (non-hydrogen) atoms. The molecule has 11 heteroatoms. The molecule has 2 aliphatic heterocycles. The second kappa shape index (κ2) is 13.1. The SMILES string of the molecule is CC(=O)Nc1nc(-c2ccc(NC(=C3C(=O)Nc4ccc([N+](=O)[O-])cc43)c3ccc(CCCN4CCCCC4)cc3)cc2)c[nH]1. The number of likely N-dealkylation sites (tertiary alicyclic amines) is 1. The lowest BCUT2D eigenvalue weighted by Gasteiger charge is -2.26. The summed E-state index contributed by atoms with van der Waals surface area (Å²) in [6.07, 6.45) is 7.65. The number of nitrogens with zero attached hydrogens (tertiary/aromatic N) is 3. The van der Waals surface area contributed by atoms with Crippen molar-refractivity contribution in [2.75, 3.05) is 35.6 Å². The van der Waals surface area contributed by atoms with Gasteiger partial charge >= 0.3 is 0 Å². The molecule has 0 saturated carbocycles. The van der Waals surface area contributed by atoms with Gasteiger partial charge in [-0.2, -0.15) is 0 Å². The number of carbonyl (C=O) groups excluding carboxylic acids is 2. The Bertz CT molecular complexity index is 1750. The number of aromatic amines is 1. The van der Waals surface area contributed by atoms with Crippen molar-refractivity contribution in [1.82, 2.24) is 14.9 Å². The lowest BCUT2D eigenvalue weighted by Crippen LogP contribution is -2.30. The van der Waals surface area contributed by atoms with Crippen molar-refractivity contribution in [3.05, 3.63) is 99.7 Å². The maximum Gasteiger partial charge on any atom is 0.270 e. The van der Waals surface area contributed by atoms with Gasteiger partial charge in [0, 0.05) is 47.8 Å². The van der Waals surface area contributed by atoms with E-state index in [4.69, 9.17) is 0 Å². The van der Waals surface area contributed by atoms with Gasteiger partial charge < -0.3 is 20.5 Å². The third-order valence-electron chi connectivity index (χ3n) is 8.16. The predicted molar refractivity (Wildman–Crippen MR) is 176 cm³/mol. The summed E-state index contributed by atoms with van der Waals surface area (Å²) in [5.74, 6) is -0.191. The average molecular weight is 606 g/mol. The molecule has 2 amide bonds. The van der Waals surface area contributed by atoms with E-state index in [1.807, 2.05) is 36.4 Å². The average Bonchev–Trinajstić information content (AvgIpc) is 3.63. The largest absolute Gasteiger partial charge is 0.354 e. The fraction of sp³-hybridized carbons (Fsp3) is 0.265. The highest BCUT2D eigenvalue weighted by molar-refractivity contribution is 6.37. The number of aryl methyl sites for hydroxylation is 1. The molecule has 6 rings (SSSR count). The lowest BCUT2D eigenvalue weighted by molar-refractivity contribution is -0.384. The molecule has 1 saturated heterocycles. The fourth-order valence-corrected chi connectivity index (χ4v) is 5.89. The van der Waals surface area contributed by atoms with Crippen LogP contribution >= 0.6 is 0 Å². The molecule has 1 fully saturated rings. The van der Waals surface area contributed by atoms with E-state index >= 15 is 0 Å². The number of carbonyl (C=O) groups is 2. The van der Waals surface area contributed by atoms with Crippen LogP contribution < -0.4 is 16.0 Å². The summed E-state index contributed by atoms with van der Waals surface area (Å²) in [6, 6.07) is 20.1. The maximum absolute atomic E-state index is 13.4. The van der Waals surface area contributed by atoms with E-state index < -0.39 is 4.92 Å². The first-order chi connectivity index (χ1) is 21.8. The Hall–Kier alpha value is -5.29. The first-order valence-corrected chi connectivity index (χ1v) is 15.2. The van der Waals surface area contributed by atoms with E-state index in [1.54, 1.807) is 12.3 Å². The van der Waals surface area contributed by atoms with E-state index in [0.717, 1.165) is 36.2 Å². The smallest absolute Gasteiger partial charge is 0.270 e. The number of hydrogen-bond acceptors (Lipinski definition) is 7. The number of H-pyrrole nitrogens is 1. The molecule has 230 valence electrons. The molecule has 0 unspecified atom stereocenters. The topological polar surface area (TPSA) is 145 Å². The molecule has 4 N–H and O–H groups in total. The lowest BCUT2D eigenvalue weighted by atomic mass is 9.98. The highest BCUT2D eigenvalue weighted by Crippen LogP contribution is 2.39. The molecule has 0 spiro atoms. The maximum atomic E-state index is 13.4. The number of fused-ring (bicyclic) bond motifs is 1. The van der Waals surface area contributed by atoms with Gasteiger partial charge in [-0.1, -0.05) is 42.8 Å². The van der Waals surface area contributed by atoms with Crippen molar-refractivity contribution in [3.8, 4) is 11.3 Å². The Morgan fingerprint density at radius 3 is 2.47 bits per heavy atom. The standard InChI is InChI=1S/C34H35N7O4/c1-22(42)36-34-35-21-30(39-34)24-11-13-26(14-12-24)37-32(31-28-20-27(41(44)45)15-16-29(28)38-33(31)43)25-9-7-23(8-10-25)6-5-19-40-17-3-2-4-18-40/h7-16,20-21,37H,2-6,17-19H2,1H3,(H,38,43)(H2,35,36,39,42). The summed E-state index contributed by atoms with van der Waals surface area (Å²) in [7, 11) is 0. The number of hydrogen-bond donors (Lipinski definition) is 4. The van der Waals surface area contributed by atoms with Gasteiger partial charge in [0.1, 0.15) is 0 Å². The zero-order chi connectivity index (χ0) is 31.3. The molecule has 0 atom stereocenters. The molecular formula is C34H35N7O4. The normalized spacial score (nSPS) is 15.7. The number of nitrogens with one attached hydrogen (secondary N) is 4. The quantitative estimate of drug-likeness (QED) is 0.0944. The van der Waals surface area contributed by atoms with Crippen molar-refractivity contribution < 1.29 is 14.5 Å². The molecule has 3 aromatic carbocycles. The van der Waals surface area contributed by atoms with Gasteiger partial charge in [0.15, 0.2) is 0 Å². The van der Waals surface area contributed by atoms with Crippen LogP contribution in [-0.4, -0.2) is 51.2 Å². The first kappa shape index (κ1) is 29.8. The van der Waals surface area contributed by atoms with Crippen LogP contribution in [0, 0.1) is 10.1 Å². The van der Waals surface area contributed by atoms with Crippen molar-refractivity contribution in [3.63, 3.8) is 0 Å². The number of amides is 2. The van der Waals surface area contributed by atoms with Gasteiger partial charge in [0.25, 0.3) is 11.6 Å². The van der Waals surface area contributed by atoms with E-state index in [0.29, 0.717) is 34.2 Å². The highest BCUT2D eigenvalue weighted by atomic mass is 16.6. The molecule has 4 aromatic rings. The molecule has 1 aromatic heterocycles. The predicted octanol–water partition coefficient (Wildman–Crippen LogP) is 6.29. The first-order valence-electron chi connectivity index (χ1n) is 15.2. The zero-order valence-electron chi connectivity index (χ0n) is 25.1. The highest BCUT2D eigenvalue weighted by Gasteiger charge is 2.30. The zero-order valence-corrected chi connectivity index (χ0v) is 25.1. The van der Waals surface area contributed by atoms with E-state index in [2.05, 4.69) is 43.0 Å². The minimum Gasteiger partial charge on any atom is -0.354 e. The van der Waals surface area contributed by atoms with Crippen LogP contribution in [0.5, 0.6) is 0 Å². The van der Waals surface area contributed by atoms with E-state index in [1.165, 1.54) is 57.0 Å². The number of imidazole rings is 1. The molecule has 0 radical (unpaired) electrons. The number of anilines is 3. The number of benzene rings is 3. The molecule has 0 bridgehead atoms. The Kier molecular flexibility index (Phi) is 8.70. The summed E-state index contributed by atoms with van der Waals surface area (Å²) in [5.41, 5.74) is 6.01. The molecular weight excluding hydrogens is 570 g/mol. The van der Waals surface area contributed by atoms with Crippen LogP contribution in [-0.2, 0) is 16.0 Å². The van der Waals surface area contributed by atoms with Crippen LogP contribution in [0.15, 0.2) is 72.9 Å². The summed E-state index contributed by atoms with van der Waals surface area (Å²) in [6.45, 7) is 4.88. The van der Waals surface area contributed by atoms with Gasteiger partial charge in [0.05, 0.1) is 21.9 Å². The summed E-state index contributed by atoms with van der Waals surface area (Å²) >= 11 is 0. The number of aromatic nitrogens is 2. The molecule has 3 heterocycles. The molecule has 11 nitrogen and oxygen atoms in total. The Balaban J connectivity index is 1.29. The van der Waals surface area contributed by atoms with Gasteiger partial charge in [-0.25, -0.2) is 4.98 Å². The number of non-ortho nitro benzene ring substituents is 1. The second-order valence-corrected chi connectivity index (χ2v) is 11.4. The van der Waals surface area contributed by atoms with Crippen LogP contribution in [0.1, 0.15) is 49.3 Å². The Labute approximate surface area is 260 Å². The number of piperidine rings is 1. The van der Waals surface area contributed by atoms with E-state index in [9.17, 15) is 19.7 Å². The third-order valence-corrected chi connectivity index (χ3v) is 8.16. The van der Waals surface area contributed by atoms with Crippen molar-refractivity contribution in [2.24, 2.45) is 0 Å². The third kappa shape index (κ3) is 6.94. The monoisotopic (exact) mass is 605 g/mol. The van der Waals surface area contributed by atoms with Crippen molar-refractivity contribution in [2.45, 2.75) is 39.0 Å². The van der Waals surface area contributed by atoms with Crippen molar-refractivity contribution in [1.29, 1.82) is 0 Å². The Morgan fingerprint density at radius 2 is 1.76 bits per heavy atom. The van der Waals surface area contributed by atoms with Gasteiger partial charge in [-0.05, 0) is 74.6 Å². The van der Waals surface area contributed by atoms with Crippen LogP contribution in [0.4, 0.5) is 23.0 Å². The summed E-state index contributed by atoms with van der Waals surface area (Å²) in [5, 5.41) is 20.5. The van der Waals surface area contributed by atoms with Crippen LogP contribution in [0.25, 0.3) is 22.5 Å². The van der Waals surface area contributed by atoms with Crippen LogP contribution in [0.3, 0.4) is 0 Å².